The van der Waals surface area contributed by atoms with Crippen LogP contribution in [0.2, 0.25) is 0 Å². The summed E-state index contributed by atoms with van der Waals surface area (Å²) in [5.41, 5.74) is 8.60. The number of nitrogens with two attached hydrogens (primary N) is 1. The zero-order valence-corrected chi connectivity index (χ0v) is 17.6. The average Bonchev–Trinajstić information content (AvgIpc) is 3.35. The van der Waals surface area contributed by atoms with Gasteiger partial charge in [-0.1, -0.05) is 19.3 Å². The molecule has 1 fully saturated rings. The Morgan fingerprint density at radius 1 is 1.19 bits per heavy atom. The minimum absolute atomic E-state index is 0.245. The molecule has 11 nitrogen and oxygen atoms in total. The number of nitrogens with zero attached hydrogens (tertiary/aromatic N) is 7. The first kappa shape index (κ1) is 19.9. The molecule has 0 aliphatic heterocycles. The van der Waals surface area contributed by atoms with Gasteiger partial charge in [0.2, 0.25) is 0 Å². The van der Waals surface area contributed by atoms with E-state index in [-0.39, 0.29) is 5.92 Å². The minimum atomic E-state index is -1.13. The smallest absolute Gasteiger partial charge is 0.432 e. The van der Waals surface area contributed by atoms with Crippen molar-refractivity contribution in [3.05, 3.63) is 42.0 Å². The lowest BCUT2D eigenvalue weighted by molar-refractivity contribution is 0.192. The van der Waals surface area contributed by atoms with E-state index < -0.39 is 6.09 Å². The lowest BCUT2D eigenvalue weighted by Crippen LogP contribution is -2.08. The molecule has 4 N–H and O–H groups in total. The molecule has 0 aromatic carbocycles. The van der Waals surface area contributed by atoms with Crippen LogP contribution in [-0.4, -0.2) is 45.5 Å². The van der Waals surface area contributed by atoms with Crippen molar-refractivity contribution in [2.45, 2.75) is 44.9 Å². The van der Waals surface area contributed by atoms with Crippen LogP contribution in [0.1, 0.15) is 49.4 Å². The van der Waals surface area contributed by atoms with Crippen molar-refractivity contribution in [1.29, 1.82) is 0 Å². The van der Waals surface area contributed by atoms with Gasteiger partial charge < -0.3 is 16.2 Å². The Balaban J connectivity index is 1.64. The molecule has 5 rings (SSSR count). The van der Waals surface area contributed by atoms with E-state index in [0.717, 1.165) is 35.9 Å². The number of anilines is 3. The summed E-state index contributed by atoms with van der Waals surface area (Å²) in [6.07, 6.45) is 7.56. The number of carboxylic acid groups (broad SMARTS) is 1. The van der Waals surface area contributed by atoms with Crippen LogP contribution < -0.4 is 11.1 Å². The van der Waals surface area contributed by atoms with Crippen LogP contribution in [0.5, 0.6) is 0 Å². The maximum atomic E-state index is 11.6. The summed E-state index contributed by atoms with van der Waals surface area (Å²) in [6, 6.07) is 5.29. The first-order valence-electron chi connectivity index (χ1n) is 10.5. The summed E-state index contributed by atoms with van der Waals surface area (Å²) >= 11 is 0. The van der Waals surface area contributed by atoms with Crippen molar-refractivity contribution >= 4 is 29.2 Å². The molecule has 1 saturated carbocycles. The Bertz CT molecular complexity index is 1280. The van der Waals surface area contributed by atoms with Crippen molar-refractivity contribution in [3.8, 4) is 11.4 Å². The summed E-state index contributed by atoms with van der Waals surface area (Å²) in [7, 11) is 0. The van der Waals surface area contributed by atoms with Gasteiger partial charge in [-0.2, -0.15) is 9.78 Å². The maximum Gasteiger partial charge on any atom is 0.432 e. The number of carbonyl (C=O) groups is 1. The summed E-state index contributed by atoms with van der Waals surface area (Å²) in [5, 5.41) is 21.5. The van der Waals surface area contributed by atoms with E-state index >= 15 is 0 Å². The van der Waals surface area contributed by atoms with Crippen LogP contribution in [0.15, 0.2) is 30.6 Å². The number of nitrogens with one attached hydrogen (secondary N) is 1. The molecule has 0 radical (unpaired) electrons. The predicted molar refractivity (Wildman–Crippen MR) is 118 cm³/mol. The average molecular weight is 433 g/mol. The van der Waals surface area contributed by atoms with E-state index in [1.54, 1.807) is 36.0 Å². The fraction of sp³-hybridized carbons (Fsp3) is 0.333. The van der Waals surface area contributed by atoms with Crippen LogP contribution in [0, 0.1) is 6.92 Å². The highest BCUT2D eigenvalue weighted by molar-refractivity contribution is 5.79. The fourth-order valence-corrected chi connectivity index (χ4v) is 4.32. The van der Waals surface area contributed by atoms with E-state index in [9.17, 15) is 9.90 Å². The minimum Gasteiger partial charge on any atom is -0.463 e. The molecule has 1 aliphatic carbocycles. The maximum absolute atomic E-state index is 11.6. The van der Waals surface area contributed by atoms with Gasteiger partial charge in [-0.05, 0) is 37.8 Å². The fourth-order valence-electron chi connectivity index (χ4n) is 4.32. The zero-order chi connectivity index (χ0) is 22.2. The first-order chi connectivity index (χ1) is 15.5. The largest absolute Gasteiger partial charge is 0.463 e. The van der Waals surface area contributed by atoms with Crippen molar-refractivity contribution < 1.29 is 9.90 Å². The second-order valence-corrected chi connectivity index (χ2v) is 7.95. The Labute approximate surface area is 183 Å². The van der Waals surface area contributed by atoms with Crippen molar-refractivity contribution in [3.63, 3.8) is 0 Å². The van der Waals surface area contributed by atoms with Gasteiger partial charge in [0.05, 0.1) is 5.69 Å². The van der Waals surface area contributed by atoms with Crippen LogP contribution in [0.4, 0.5) is 22.2 Å². The lowest BCUT2D eigenvalue weighted by Gasteiger charge is -2.21. The zero-order valence-electron chi connectivity index (χ0n) is 17.6. The second kappa shape index (κ2) is 7.91. The summed E-state index contributed by atoms with van der Waals surface area (Å²) in [6.45, 7) is 1.76. The molecule has 1 aliphatic rings. The van der Waals surface area contributed by atoms with E-state index in [1.165, 1.54) is 6.42 Å². The van der Waals surface area contributed by atoms with Gasteiger partial charge in [0.25, 0.3) is 0 Å². The predicted octanol–water partition coefficient (Wildman–Crippen LogP) is 3.59. The van der Waals surface area contributed by atoms with Crippen molar-refractivity contribution in [1.82, 2.24) is 34.3 Å². The standard InChI is InChI=1S/C21H23N9O2/c1-12-24-15(10-16(22)25-12)18-20(26-17-8-5-9-23-30(17)18)27-19-14(11-29(28-19)21(31)32)13-6-3-2-4-7-13/h5,8-11,13H,2-4,6-7H2,1H3,(H,27,28)(H,31,32)(H2,22,24,25). The van der Waals surface area contributed by atoms with E-state index in [4.69, 9.17) is 5.73 Å². The topological polar surface area (TPSA) is 149 Å². The Kier molecular flexibility index (Phi) is 4.92. The highest BCUT2D eigenvalue weighted by Crippen LogP contribution is 2.38. The van der Waals surface area contributed by atoms with Gasteiger partial charge in [-0.15, -0.1) is 5.10 Å². The number of hydrogen-bond acceptors (Lipinski definition) is 8. The van der Waals surface area contributed by atoms with Crippen molar-refractivity contribution in [2.24, 2.45) is 0 Å². The Morgan fingerprint density at radius 3 is 2.75 bits per heavy atom. The number of nitrogen functional groups attached to an aromatic ring is 1. The molecular formula is C21H23N9O2. The third-order valence-corrected chi connectivity index (χ3v) is 5.71. The highest BCUT2D eigenvalue weighted by atomic mass is 16.4. The highest BCUT2D eigenvalue weighted by Gasteiger charge is 2.25. The van der Waals surface area contributed by atoms with Crippen LogP contribution in [-0.2, 0) is 0 Å². The van der Waals surface area contributed by atoms with Gasteiger partial charge in [0.1, 0.15) is 17.3 Å². The molecule has 0 spiro atoms. The van der Waals surface area contributed by atoms with Gasteiger partial charge in [0.15, 0.2) is 17.3 Å². The molecule has 4 aromatic heterocycles. The van der Waals surface area contributed by atoms with Gasteiger partial charge >= 0.3 is 6.09 Å². The van der Waals surface area contributed by atoms with Gasteiger partial charge in [-0.25, -0.2) is 24.3 Å². The quantitative estimate of drug-likeness (QED) is 0.439. The molecule has 0 amide bonds. The SMILES string of the molecule is Cc1nc(N)cc(-c2c(Nc3nn(C(=O)O)cc3C3CCCCC3)nc3cccnn23)n1. The molecular weight excluding hydrogens is 410 g/mol. The van der Waals surface area contributed by atoms with Crippen LogP contribution >= 0.6 is 0 Å². The number of rotatable bonds is 4. The molecule has 11 heteroatoms. The summed E-state index contributed by atoms with van der Waals surface area (Å²) in [5.74, 6) is 2.05. The van der Waals surface area contributed by atoms with E-state index in [2.05, 4.69) is 30.5 Å². The monoisotopic (exact) mass is 433 g/mol. The first-order valence-corrected chi connectivity index (χ1v) is 10.5. The van der Waals surface area contributed by atoms with Crippen molar-refractivity contribution in [2.75, 3.05) is 11.1 Å². The second-order valence-electron chi connectivity index (χ2n) is 7.95. The Hall–Kier alpha value is -4.02. The third kappa shape index (κ3) is 3.61. The van der Waals surface area contributed by atoms with E-state index in [0.29, 0.717) is 40.3 Å². The third-order valence-electron chi connectivity index (χ3n) is 5.71. The van der Waals surface area contributed by atoms with Crippen LogP contribution in [0.3, 0.4) is 0 Å². The summed E-state index contributed by atoms with van der Waals surface area (Å²) < 4.78 is 2.62. The lowest BCUT2D eigenvalue weighted by atomic mass is 9.85. The number of aryl methyl sites for hydroxylation is 1. The molecule has 0 saturated heterocycles. The number of hydrogen-bond donors (Lipinski definition) is 3. The molecule has 0 bridgehead atoms. The molecule has 0 unspecified atom stereocenters. The molecule has 4 heterocycles. The van der Waals surface area contributed by atoms with Crippen LogP contribution in [0.25, 0.3) is 17.0 Å². The number of imidazole rings is 1. The number of fused-ring (bicyclic) bond motifs is 1. The molecule has 0 atom stereocenters. The summed E-state index contributed by atoms with van der Waals surface area (Å²) in [4.78, 5) is 25.0. The van der Waals surface area contributed by atoms with Gasteiger partial charge in [0, 0.05) is 24.0 Å². The van der Waals surface area contributed by atoms with E-state index in [1.807, 2.05) is 6.07 Å². The molecule has 164 valence electrons. The Morgan fingerprint density at radius 2 is 2.00 bits per heavy atom. The molecule has 32 heavy (non-hydrogen) atoms. The van der Waals surface area contributed by atoms with Gasteiger partial charge in [-0.3, -0.25) is 0 Å². The number of aromatic nitrogens is 7. The normalized spacial score (nSPS) is 14.7. The molecule has 4 aromatic rings.